The number of aromatic nitrogens is 1. The number of carbonyl (C=O) groups is 1. The molecule has 0 fully saturated rings. The van der Waals surface area contributed by atoms with Crippen LogP contribution in [0.1, 0.15) is 45.6 Å². The van der Waals surface area contributed by atoms with E-state index in [9.17, 15) is 20.3 Å². The Hall–Kier alpha value is -4.28. The summed E-state index contributed by atoms with van der Waals surface area (Å²) in [6, 6.07) is 24.1. The van der Waals surface area contributed by atoms with Crippen LogP contribution < -0.4 is 4.74 Å². The number of hydrogen-bond acceptors (Lipinski definition) is 7. The fourth-order valence-electron chi connectivity index (χ4n) is 4.62. The second kappa shape index (κ2) is 11.4. The summed E-state index contributed by atoms with van der Waals surface area (Å²) < 4.78 is 5.95. The number of nitrogens with zero attached hydrogens (tertiary/aromatic N) is 2. The molecule has 38 heavy (non-hydrogen) atoms. The maximum atomic E-state index is 12.8. The molecule has 1 aliphatic rings. The lowest BCUT2D eigenvalue weighted by Gasteiger charge is -2.22. The van der Waals surface area contributed by atoms with E-state index in [1.165, 1.54) is 30.0 Å². The van der Waals surface area contributed by atoms with Gasteiger partial charge in [-0.1, -0.05) is 54.2 Å². The average Bonchev–Trinajstić information content (AvgIpc) is 2.96. The minimum Gasteiger partial charge on any atom is -0.504 e. The zero-order valence-corrected chi connectivity index (χ0v) is 21.5. The van der Waals surface area contributed by atoms with Gasteiger partial charge in [0.25, 0.3) is 0 Å². The van der Waals surface area contributed by atoms with E-state index in [-0.39, 0.29) is 28.6 Å². The quantitative estimate of drug-likeness (QED) is 0.155. The number of nitriles is 1. The van der Waals surface area contributed by atoms with Gasteiger partial charge in [-0.2, -0.15) is 5.26 Å². The maximum Gasteiger partial charge on any atom is 0.173 e. The van der Waals surface area contributed by atoms with Gasteiger partial charge in [0.05, 0.1) is 11.3 Å². The van der Waals surface area contributed by atoms with Crippen LogP contribution in [0.3, 0.4) is 0 Å². The van der Waals surface area contributed by atoms with Crippen LogP contribution in [0.5, 0.6) is 17.2 Å². The van der Waals surface area contributed by atoms with Crippen LogP contribution in [0, 0.1) is 11.3 Å². The van der Waals surface area contributed by atoms with E-state index in [1.54, 1.807) is 0 Å². The predicted molar refractivity (Wildman–Crippen MR) is 147 cm³/mol. The molecule has 3 aromatic carbocycles. The van der Waals surface area contributed by atoms with Crippen LogP contribution in [0.15, 0.2) is 77.8 Å². The SMILES string of the molecule is N#Cc1c(SCC(=O)c2ccc(O)c(O)c2)nc2c(c1-c1ccc(OCc3ccccc3)cc1)CCCC2. The Morgan fingerprint density at radius 2 is 1.74 bits per heavy atom. The van der Waals surface area contributed by atoms with Crippen LogP contribution in [-0.4, -0.2) is 26.7 Å². The van der Waals surface area contributed by atoms with Gasteiger partial charge in [-0.15, -0.1) is 0 Å². The van der Waals surface area contributed by atoms with E-state index in [4.69, 9.17) is 9.72 Å². The third kappa shape index (κ3) is 5.51. The summed E-state index contributed by atoms with van der Waals surface area (Å²) in [7, 11) is 0. The molecule has 6 nitrogen and oxygen atoms in total. The Bertz CT molecular complexity index is 1510. The molecule has 0 spiro atoms. The number of hydrogen-bond donors (Lipinski definition) is 2. The van der Waals surface area contributed by atoms with E-state index in [0.29, 0.717) is 17.2 Å². The number of phenolic OH excluding ortho intramolecular Hbond substituents is 2. The summed E-state index contributed by atoms with van der Waals surface area (Å²) in [6.45, 7) is 0.474. The Labute approximate surface area is 225 Å². The highest BCUT2D eigenvalue weighted by molar-refractivity contribution is 8.00. The minimum absolute atomic E-state index is 0.0520. The molecule has 0 aliphatic heterocycles. The lowest BCUT2D eigenvalue weighted by atomic mass is 9.87. The van der Waals surface area contributed by atoms with Crippen LogP contribution >= 0.6 is 11.8 Å². The number of aryl methyl sites for hydroxylation is 1. The summed E-state index contributed by atoms with van der Waals surface area (Å²) in [6.07, 6.45) is 3.77. The smallest absolute Gasteiger partial charge is 0.173 e. The molecule has 5 rings (SSSR count). The molecule has 7 heteroatoms. The topological polar surface area (TPSA) is 103 Å². The molecule has 0 saturated carbocycles. The summed E-state index contributed by atoms with van der Waals surface area (Å²) in [4.78, 5) is 17.6. The first-order chi connectivity index (χ1) is 18.5. The normalized spacial score (nSPS) is 12.4. The van der Waals surface area contributed by atoms with E-state index in [0.717, 1.165) is 59.4 Å². The van der Waals surface area contributed by atoms with Gasteiger partial charge in [-0.05, 0) is 72.7 Å². The molecular weight excluding hydrogens is 496 g/mol. The molecule has 1 heterocycles. The van der Waals surface area contributed by atoms with Crippen molar-refractivity contribution in [1.82, 2.24) is 4.98 Å². The second-order valence-corrected chi connectivity index (χ2v) is 10.1. The lowest BCUT2D eigenvalue weighted by Crippen LogP contribution is -2.11. The highest BCUT2D eigenvalue weighted by atomic mass is 32.2. The van der Waals surface area contributed by atoms with Crippen LogP contribution in [0.4, 0.5) is 0 Å². The van der Waals surface area contributed by atoms with Crippen molar-refractivity contribution >= 4 is 17.5 Å². The number of pyridine rings is 1. The van der Waals surface area contributed by atoms with Crippen molar-refractivity contribution in [2.45, 2.75) is 37.3 Å². The Morgan fingerprint density at radius 1 is 0.974 bits per heavy atom. The monoisotopic (exact) mass is 522 g/mol. The lowest BCUT2D eigenvalue weighted by molar-refractivity contribution is 0.102. The maximum absolute atomic E-state index is 12.8. The van der Waals surface area contributed by atoms with Gasteiger partial charge >= 0.3 is 0 Å². The highest BCUT2D eigenvalue weighted by Crippen LogP contribution is 2.38. The van der Waals surface area contributed by atoms with Gasteiger partial charge in [0.2, 0.25) is 0 Å². The fraction of sp³-hybridized carbons (Fsp3) is 0.194. The van der Waals surface area contributed by atoms with Gasteiger partial charge in [-0.3, -0.25) is 4.79 Å². The van der Waals surface area contributed by atoms with Crippen molar-refractivity contribution in [3.8, 4) is 34.4 Å². The summed E-state index contributed by atoms with van der Waals surface area (Å²) >= 11 is 1.22. The van der Waals surface area contributed by atoms with Crippen molar-refractivity contribution in [2.75, 3.05) is 5.75 Å². The number of benzene rings is 3. The molecule has 0 unspecified atom stereocenters. The molecule has 4 aromatic rings. The van der Waals surface area contributed by atoms with E-state index < -0.39 is 0 Å². The van der Waals surface area contributed by atoms with Crippen LogP contribution in [0.25, 0.3) is 11.1 Å². The zero-order chi connectivity index (χ0) is 26.5. The van der Waals surface area contributed by atoms with Gasteiger partial charge in [0.1, 0.15) is 23.5 Å². The van der Waals surface area contributed by atoms with Gasteiger partial charge < -0.3 is 14.9 Å². The Balaban J connectivity index is 1.42. The standard InChI is InChI=1S/C31H26N2O4S/c32-17-25-30(21-10-13-23(14-11-21)37-18-20-6-2-1-3-7-20)24-8-4-5-9-26(24)33-31(25)38-19-29(36)22-12-15-27(34)28(35)16-22/h1-3,6-7,10-16,34-35H,4-5,8-9,18-19H2. The minimum atomic E-state index is -0.344. The van der Waals surface area contributed by atoms with Crippen molar-refractivity contribution in [1.29, 1.82) is 5.26 Å². The molecule has 0 radical (unpaired) electrons. The summed E-state index contributed by atoms with van der Waals surface area (Å²) in [5, 5.41) is 30.0. The molecule has 190 valence electrons. The average molecular weight is 523 g/mol. The second-order valence-electron chi connectivity index (χ2n) is 9.13. The van der Waals surface area contributed by atoms with Gasteiger partial charge in [0.15, 0.2) is 17.3 Å². The molecular formula is C31H26N2O4S. The van der Waals surface area contributed by atoms with Crippen molar-refractivity contribution < 1.29 is 19.7 Å². The number of Topliss-reactive ketones (excluding diaryl/α,β-unsaturated/α-hetero) is 1. The van der Waals surface area contributed by atoms with Crippen molar-refractivity contribution in [3.63, 3.8) is 0 Å². The number of ketones is 1. The van der Waals surface area contributed by atoms with Crippen molar-refractivity contribution in [2.24, 2.45) is 0 Å². The number of ether oxygens (including phenoxy) is 1. The van der Waals surface area contributed by atoms with E-state index >= 15 is 0 Å². The molecule has 1 aromatic heterocycles. The van der Waals surface area contributed by atoms with Crippen LogP contribution in [-0.2, 0) is 19.4 Å². The first-order valence-electron chi connectivity index (χ1n) is 12.4. The predicted octanol–water partition coefficient (Wildman–Crippen LogP) is 6.46. The summed E-state index contributed by atoms with van der Waals surface area (Å²) in [5.74, 6) is -0.0508. The zero-order valence-electron chi connectivity index (χ0n) is 20.7. The van der Waals surface area contributed by atoms with Crippen molar-refractivity contribution in [3.05, 3.63) is 101 Å². The Morgan fingerprint density at radius 3 is 2.47 bits per heavy atom. The van der Waals surface area contributed by atoms with Gasteiger partial charge in [-0.25, -0.2) is 4.98 Å². The third-order valence-corrected chi connectivity index (χ3v) is 7.56. The number of phenols is 2. The molecule has 2 N–H and O–H groups in total. The number of rotatable bonds is 8. The number of fused-ring (bicyclic) bond motifs is 1. The first kappa shape index (κ1) is 25.4. The number of aromatic hydroxyl groups is 2. The van der Waals surface area contributed by atoms with Gasteiger partial charge in [0, 0.05) is 16.8 Å². The largest absolute Gasteiger partial charge is 0.504 e. The molecule has 0 atom stereocenters. The van der Waals surface area contributed by atoms with E-state index in [1.807, 2.05) is 54.6 Å². The molecule has 0 bridgehead atoms. The number of thioether (sulfide) groups is 1. The Kier molecular flexibility index (Phi) is 7.62. The first-order valence-corrected chi connectivity index (χ1v) is 13.4. The number of carbonyl (C=O) groups excluding carboxylic acids is 1. The molecule has 1 aliphatic carbocycles. The third-order valence-electron chi connectivity index (χ3n) is 6.58. The summed E-state index contributed by atoms with van der Waals surface area (Å²) in [5.41, 5.74) is 5.72. The van der Waals surface area contributed by atoms with Crippen LogP contribution in [0.2, 0.25) is 0 Å². The molecule has 0 amide bonds. The fourth-order valence-corrected chi connectivity index (χ4v) is 5.52. The highest BCUT2D eigenvalue weighted by Gasteiger charge is 2.24. The molecule has 0 saturated heterocycles. The van der Waals surface area contributed by atoms with E-state index in [2.05, 4.69) is 6.07 Å².